The third-order valence-corrected chi connectivity index (χ3v) is 4.37. The number of aliphatic hydroxyl groups is 1. The minimum Gasteiger partial charge on any atom is -0.419 e. The summed E-state index contributed by atoms with van der Waals surface area (Å²) in [4.78, 5) is 2.12. The van der Waals surface area contributed by atoms with E-state index in [0.717, 1.165) is 22.9 Å². The average molecular weight is 352 g/mol. The first-order chi connectivity index (χ1) is 10.1. The molecule has 1 aliphatic rings. The van der Waals surface area contributed by atoms with Crippen LogP contribution in [-0.4, -0.2) is 38.9 Å². The Morgan fingerprint density at radius 1 is 1.33 bits per heavy atom. The fourth-order valence-electron chi connectivity index (χ4n) is 2.77. The Hall–Kier alpha value is -1.24. The predicted octanol–water partition coefficient (Wildman–Crippen LogP) is 2.85. The highest BCUT2D eigenvalue weighted by molar-refractivity contribution is 9.10. The number of halogens is 1. The van der Waals surface area contributed by atoms with E-state index in [-0.39, 0.29) is 0 Å². The van der Waals surface area contributed by atoms with Crippen molar-refractivity contribution >= 4 is 15.9 Å². The Bertz CT molecular complexity index is 623. The molecule has 112 valence electrons. The fraction of sp³-hybridized carbons (Fsp3) is 0.467. The molecule has 5 nitrogen and oxygen atoms in total. The summed E-state index contributed by atoms with van der Waals surface area (Å²) < 4.78 is 6.64. The Morgan fingerprint density at radius 2 is 2.10 bits per heavy atom. The van der Waals surface area contributed by atoms with Crippen LogP contribution >= 0.6 is 15.9 Å². The smallest absolute Gasteiger partial charge is 0.248 e. The molecule has 0 radical (unpaired) electrons. The summed E-state index contributed by atoms with van der Waals surface area (Å²) in [7, 11) is 0. The third kappa shape index (κ3) is 3.17. The van der Waals surface area contributed by atoms with Gasteiger partial charge in [0.1, 0.15) is 0 Å². The molecule has 0 bridgehead atoms. The van der Waals surface area contributed by atoms with Crippen molar-refractivity contribution in [2.24, 2.45) is 0 Å². The highest BCUT2D eigenvalue weighted by Crippen LogP contribution is 2.29. The highest BCUT2D eigenvalue weighted by Gasteiger charge is 2.40. The molecule has 2 aromatic rings. The number of aromatic nitrogens is 2. The lowest BCUT2D eigenvalue weighted by atomic mass is 9.89. The largest absolute Gasteiger partial charge is 0.419 e. The van der Waals surface area contributed by atoms with Crippen LogP contribution in [0.4, 0.5) is 0 Å². The van der Waals surface area contributed by atoms with Gasteiger partial charge in [-0.25, -0.2) is 0 Å². The van der Waals surface area contributed by atoms with Gasteiger partial charge < -0.3 is 9.52 Å². The predicted molar refractivity (Wildman–Crippen MR) is 82.6 cm³/mol. The van der Waals surface area contributed by atoms with Crippen LogP contribution in [0, 0.1) is 0 Å². The van der Waals surface area contributed by atoms with E-state index in [9.17, 15) is 5.11 Å². The Morgan fingerprint density at radius 3 is 2.81 bits per heavy atom. The van der Waals surface area contributed by atoms with Crippen LogP contribution in [0.5, 0.6) is 0 Å². The van der Waals surface area contributed by atoms with Crippen molar-refractivity contribution in [2.45, 2.75) is 31.9 Å². The minimum absolute atomic E-state index is 0.516. The van der Waals surface area contributed by atoms with Crippen molar-refractivity contribution in [3.63, 3.8) is 0 Å². The van der Waals surface area contributed by atoms with E-state index < -0.39 is 5.60 Å². The van der Waals surface area contributed by atoms with Crippen LogP contribution in [0.1, 0.15) is 25.7 Å². The van der Waals surface area contributed by atoms with Gasteiger partial charge in [-0.15, -0.1) is 10.2 Å². The summed E-state index contributed by atoms with van der Waals surface area (Å²) in [6.45, 7) is 4.02. The molecule has 0 aliphatic carbocycles. The first-order valence-corrected chi connectivity index (χ1v) is 7.91. The molecule has 1 N–H and O–H groups in total. The zero-order chi connectivity index (χ0) is 14.9. The van der Waals surface area contributed by atoms with Crippen LogP contribution in [0.2, 0.25) is 0 Å². The van der Waals surface area contributed by atoms with Crippen LogP contribution in [0.15, 0.2) is 33.2 Å². The molecule has 3 rings (SSSR count). The molecular weight excluding hydrogens is 334 g/mol. The summed E-state index contributed by atoms with van der Waals surface area (Å²) in [5.41, 5.74) is 0.363. The summed E-state index contributed by atoms with van der Waals surface area (Å²) in [6, 6.07) is 7.76. The second kappa shape index (κ2) is 5.87. The fourth-order valence-corrected chi connectivity index (χ4v) is 3.23. The SMILES string of the molecule is CCCC1(O)CN(Cc2nnc(-c3ccccc3Br)o2)C1. The van der Waals surface area contributed by atoms with Crippen LogP contribution in [0.3, 0.4) is 0 Å². The van der Waals surface area contributed by atoms with Gasteiger partial charge >= 0.3 is 0 Å². The van der Waals surface area contributed by atoms with Crippen molar-refractivity contribution in [1.29, 1.82) is 0 Å². The molecule has 0 unspecified atom stereocenters. The Labute approximate surface area is 132 Å². The van der Waals surface area contributed by atoms with E-state index >= 15 is 0 Å². The van der Waals surface area contributed by atoms with E-state index in [2.05, 4.69) is 38.0 Å². The van der Waals surface area contributed by atoms with Gasteiger partial charge in [0.2, 0.25) is 11.8 Å². The molecular formula is C15H18BrN3O2. The molecule has 0 amide bonds. The summed E-state index contributed by atoms with van der Waals surface area (Å²) in [5, 5.41) is 18.3. The second-order valence-corrected chi connectivity index (χ2v) is 6.45. The maximum atomic E-state index is 10.2. The lowest BCUT2D eigenvalue weighted by Crippen LogP contribution is -2.60. The molecule has 0 atom stereocenters. The molecule has 1 aromatic heterocycles. The van der Waals surface area contributed by atoms with Gasteiger partial charge in [-0.1, -0.05) is 25.5 Å². The highest BCUT2D eigenvalue weighted by atomic mass is 79.9. The van der Waals surface area contributed by atoms with Gasteiger partial charge in [0.15, 0.2) is 0 Å². The lowest BCUT2D eigenvalue weighted by molar-refractivity contribution is -0.109. The van der Waals surface area contributed by atoms with E-state index in [1.165, 1.54) is 0 Å². The number of likely N-dealkylation sites (tertiary alicyclic amines) is 1. The molecule has 1 saturated heterocycles. The topological polar surface area (TPSA) is 62.4 Å². The Kier molecular flexibility index (Phi) is 4.10. The summed E-state index contributed by atoms with van der Waals surface area (Å²) in [5.74, 6) is 1.10. The van der Waals surface area contributed by atoms with Crippen molar-refractivity contribution in [3.05, 3.63) is 34.6 Å². The van der Waals surface area contributed by atoms with E-state index in [4.69, 9.17) is 4.42 Å². The van der Waals surface area contributed by atoms with Crippen molar-refractivity contribution < 1.29 is 9.52 Å². The van der Waals surface area contributed by atoms with Gasteiger partial charge in [-0.3, -0.25) is 4.90 Å². The normalized spacial score (nSPS) is 17.7. The number of hydrogen-bond donors (Lipinski definition) is 1. The first-order valence-electron chi connectivity index (χ1n) is 7.12. The van der Waals surface area contributed by atoms with Gasteiger partial charge in [-0.2, -0.15) is 0 Å². The lowest BCUT2D eigenvalue weighted by Gasteiger charge is -2.46. The van der Waals surface area contributed by atoms with Crippen molar-refractivity contribution in [1.82, 2.24) is 15.1 Å². The van der Waals surface area contributed by atoms with Gasteiger partial charge in [0.25, 0.3) is 0 Å². The van der Waals surface area contributed by atoms with E-state index in [1.54, 1.807) is 0 Å². The van der Waals surface area contributed by atoms with Crippen molar-refractivity contribution in [3.8, 4) is 11.5 Å². The van der Waals surface area contributed by atoms with Crippen LogP contribution < -0.4 is 0 Å². The molecule has 1 aliphatic heterocycles. The van der Waals surface area contributed by atoms with Gasteiger partial charge in [0.05, 0.1) is 17.7 Å². The molecule has 0 spiro atoms. The number of β-amino-alcohol motifs (C(OH)–C–C–N with tert-alkyl or cyclic N) is 1. The van der Waals surface area contributed by atoms with Crippen LogP contribution in [-0.2, 0) is 6.54 Å². The molecule has 0 saturated carbocycles. The molecule has 21 heavy (non-hydrogen) atoms. The quantitative estimate of drug-likeness (QED) is 0.897. The molecule has 1 aromatic carbocycles. The Balaban J connectivity index is 1.64. The number of rotatable bonds is 5. The molecule has 6 heteroatoms. The molecule has 2 heterocycles. The maximum absolute atomic E-state index is 10.2. The van der Waals surface area contributed by atoms with E-state index in [1.807, 2.05) is 24.3 Å². The monoisotopic (exact) mass is 351 g/mol. The number of hydrogen-bond acceptors (Lipinski definition) is 5. The first kappa shape index (κ1) is 14.7. The van der Waals surface area contributed by atoms with Crippen molar-refractivity contribution in [2.75, 3.05) is 13.1 Å². The van der Waals surface area contributed by atoms with Gasteiger partial charge in [-0.05, 0) is 34.5 Å². The minimum atomic E-state index is -0.528. The third-order valence-electron chi connectivity index (χ3n) is 3.68. The maximum Gasteiger partial charge on any atom is 0.248 e. The summed E-state index contributed by atoms with van der Waals surface area (Å²) in [6.07, 6.45) is 1.84. The molecule has 1 fully saturated rings. The number of nitrogens with zero attached hydrogens (tertiary/aromatic N) is 3. The average Bonchev–Trinajstić information content (AvgIpc) is 2.86. The van der Waals surface area contributed by atoms with E-state index in [0.29, 0.717) is 31.4 Å². The zero-order valence-corrected chi connectivity index (χ0v) is 13.5. The number of benzene rings is 1. The van der Waals surface area contributed by atoms with Gasteiger partial charge in [0, 0.05) is 17.6 Å². The van der Waals surface area contributed by atoms with Crippen LogP contribution in [0.25, 0.3) is 11.5 Å². The second-order valence-electron chi connectivity index (χ2n) is 5.60. The zero-order valence-electron chi connectivity index (χ0n) is 11.9. The standard InChI is InChI=1S/C15H18BrN3O2/c1-2-7-15(20)9-19(10-15)8-13-17-18-14(21-13)11-5-3-4-6-12(11)16/h3-6,20H,2,7-10H2,1H3. The summed E-state index contributed by atoms with van der Waals surface area (Å²) >= 11 is 3.48.